The molecule has 1 fully saturated rings. The van der Waals surface area contributed by atoms with Crippen LogP contribution in [0.1, 0.15) is 39.2 Å². The van der Waals surface area contributed by atoms with Crippen molar-refractivity contribution in [3.8, 4) is 0 Å². The number of fused-ring (bicyclic) bond motifs is 1. The van der Waals surface area contributed by atoms with E-state index in [0.29, 0.717) is 12.0 Å². The first kappa shape index (κ1) is 13.2. The van der Waals surface area contributed by atoms with Gasteiger partial charge in [-0.25, -0.2) is 0 Å². The zero-order chi connectivity index (χ0) is 13.6. The quantitative estimate of drug-likeness (QED) is 0.741. The zero-order valence-corrected chi connectivity index (χ0v) is 12.9. The molecule has 0 aliphatic heterocycles. The van der Waals surface area contributed by atoms with Gasteiger partial charge in [-0.1, -0.05) is 37.9 Å². The molecule has 1 aliphatic rings. The van der Waals surface area contributed by atoms with E-state index in [1.54, 1.807) is 0 Å². The Balaban J connectivity index is 2.14. The maximum absolute atomic E-state index is 6.25. The summed E-state index contributed by atoms with van der Waals surface area (Å²) in [7, 11) is 0. The summed E-state index contributed by atoms with van der Waals surface area (Å²) < 4.78 is 3.09. The van der Waals surface area contributed by atoms with E-state index in [-0.39, 0.29) is 0 Å². The maximum Gasteiger partial charge on any atom is 0.178 e. The summed E-state index contributed by atoms with van der Waals surface area (Å²) in [6, 6.07) is 6.52. The van der Waals surface area contributed by atoms with Gasteiger partial charge in [0.05, 0.1) is 16.1 Å². The summed E-state index contributed by atoms with van der Waals surface area (Å²) in [5, 5.41) is 0.750. The van der Waals surface area contributed by atoms with Crippen LogP contribution in [-0.4, -0.2) is 9.55 Å². The molecule has 3 unspecified atom stereocenters. The molecule has 0 bridgehead atoms. The minimum atomic E-state index is 0.504. The Labute approximate surface area is 123 Å². The number of hydrogen-bond donors (Lipinski definition) is 1. The monoisotopic (exact) mass is 294 g/mol. The molecular weight excluding hydrogens is 276 g/mol. The first-order chi connectivity index (χ1) is 9.13. The second kappa shape index (κ2) is 4.95. The molecule has 1 saturated carbocycles. The van der Waals surface area contributed by atoms with E-state index in [1.807, 2.05) is 12.1 Å². The van der Waals surface area contributed by atoms with Gasteiger partial charge in [-0.15, -0.1) is 0 Å². The molecule has 1 heterocycles. The standard InChI is InChI=1S/C15H19ClN2S/c1-3-10-7-8-12(9(10)2)18-13-6-4-5-11(16)14(13)17-15(18)19/h4-6,9-10,12H,3,7-8H2,1-2H3,(H,17,19). The van der Waals surface area contributed by atoms with Crippen molar-refractivity contribution >= 4 is 34.9 Å². The van der Waals surface area contributed by atoms with Gasteiger partial charge >= 0.3 is 0 Å². The third-order valence-corrected chi connectivity index (χ3v) is 5.36. The minimum Gasteiger partial charge on any atom is -0.329 e. The van der Waals surface area contributed by atoms with E-state index >= 15 is 0 Å². The Kier molecular flexibility index (Phi) is 3.44. The number of nitrogens with one attached hydrogen (secondary N) is 1. The maximum atomic E-state index is 6.25. The molecule has 1 aromatic carbocycles. The SMILES string of the molecule is CCC1CCC(n2c(=S)[nH]c3c(Cl)cccc32)C1C. The number of aromatic nitrogens is 2. The van der Waals surface area contributed by atoms with Gasteiger partial charge < -0.3 is 9.55 Å². The highest BCUT2D eigenvalue weighted by Gasteiger charge is 2.33. The first-order valence-corrected chi connectivity index (χ1v) is 7.80. The van der Waals surface area contributed by atoms with Crippen LogP contribution in [0.4, 0.5) is 0 Å². The number of hydrogen-bond acceptors (Lipinski definition) is 1. The van der Waals surface area contributed by atoms with E-state index in [4.69, 9.17) is 23.8 Å². The lowest BCUT2D eigenvalue weighted by atomic mass is 9.93. The van der Waals surface area contributed by atoms with Crippen LogP contribution in [0.15, 0.2) is 18.2 Å². The summed E-state index contributed by atoms with van der Waals surface area (Å²) in [5.41, 5.74) is 2.12. The van der Waals surface area contributed by atoms with E-state index in [2.05, 4.69) is 29.5 Å². The van der Waals surface area contributed by atoms with Crippen molar-refractivity contribution in [1.29, 1.82) is 0 Å². The van der Waals surface area contributed by atoms with Crippen molar-refractivity contribution in [2.45, 2.75) is 39.2 Å². The van der Waals surface area contributed by atoms with Crippen LogP contribution < -0.4 is 0 Å². The fourth-order valence-corrected chi connectivity index (χ4v) is 4.16. The number of H-pyrrole nitrogens is 1. The highest BCUT2D eigenvalue weighted by atomic mass is 35.5. The summed E-state index contributed by atoms with van der Waals surface area (Å²) in [5.74, 6) is 1.49. The van der Waals surface area contributed by atoms with Crippen LogP contribution in [0, 0.1) is 16.6 Å². The summed E-state index contributed by atoms with van der Waals surface area (Å²) in [4.78, 5) is 3.27. The lowest BCUT2D eigenvalue weighted by Gasteiger charge is -2.21. The van der Waals surface area contributed by atoms with Gasteiger partial charge in [-0.2, -0.15) is 0 Å². The van der Waals surface area contributed by atoms with Gasteiger partial charge in [-0.3, -0.25) is 0 Å². The molecule has 3 atom stereocenters. The molecule has 4 heteroatoms. The average molecular weight is 295 g/mol. The van der Waals surface area contributed by atoms with Crippen molar-refractivity contribution in [3.63, 3.8) is 0 Å². The van der Waals surface area contributed by atoms with Crippen LogP contribution in [-0.2, 0) is 0 Å². The second-order valence-electron chi connectivity index (χ2n) is 5.61. The first-order valence-electron chi connectivity index (χ1n) is 7.02. The largest absolute Gasteiger partial charge is 0.329 e. The van der Waals surface area contributed by atoms with Gasteiger partial charge in [0.1, 0.15) is 0 Å². The molecule has 3 rings (SSSR count). The Bertz CT molecular complexity index is 658. The van der Waals surface area contributed by atoms with E-state index < -0.39 is 0 Å². The van der Waals surface area contributed by atoms with Crippen LogP contribution in [0.2, 0.25) is 5.02 Å². The van der Waals surface area contributed by atoms with Gasteiger partial charge in [0, 0.05) is 6.04 Å². The molecule has 2 aromatic rings. The predicted molar refractivity (Wildman–Crippen MR) is 83.3 cm³/mol. The highest BCUT2D eigenvalue weighted by molar-refractivity contribution is 7.71. The summed E-state index contributed by atoms with van der Waals surface area (Å²) >= 11 is 11.8. The number of benzene rings is 1. The van der Waals surface area contributed by atoms with Crippen LogP contribution in [0.5, 0.6) is 0 Å². The molecule has 1 N–H and O–H groups in total. The molecule has 1 aromatic heterocycles. The normalized spacial score (nSPS) is 27.2. The molecule has 0 spiro atoms. The molecule has 0 amide bonds. The Morgan fingerprint density at radius 3 is 2.89 bits per heavy atom. The predicted octanol–water partition coefficient (Wildman–Crippen LogP) is 5.35. The lowest BCUT2D eigenvalue weighted by Crippen LogP contribution is -2.15. The van der Waals surface area contributed by atoms with Crippen molar-refractivity contribution < 1.29 is 0 Å². The van der Waals surface area contributed by atoms with E-state index in [1.165, 1.54) is 19.3 Å². The highest BCUT2D eigenvalue weighted by Crippen LogP contribution is 2.43. The summed E-state index contributed by atoms with van der Waals surface area (Å²) in [6.07, 6.45) is 3.78. The number of halogens is 1. The molecule has 2 nitrogen and oxygen atoms in total. The van der Waals surface area contributed by atoms with Crippen LogP contribution in [0.25, 0.3) is 11.0 Å². The van der Waals surface area contributed by atoms with Gasteiger partial charge in [-0.05, 0) is 49.0 Å². The number of aromatic amines is 1. The fourth-order valence-electron chi connectivity index (χ4n) is 3.61. The molecule has 102 valence electrons. The Morgan fingerprint density at radius 1 is 1.42 bits per heavy atom. The molecule has 0 radical (unpaired) electrons. The van der Waals surface area contributed by atoms with E-state index in [9.17, 15) is 0 Å². The molecule has 19 heavy (non-hydrogen) atoms. The topological polar surface area (TPSA) is 20.7 Å². The fraction of sp³-hybridized carbons (Fsp3) is 0.533. The summed E-state index contributed by atoms with van der Waals surface area (Å²) in [6.45, 7) is 4.64. The van der Waals surface area contributed by atoms with E-state index in [0.717, 1.165) is 26.7 Å². The number of para-hydroxylation sites is 1. The molecular formula is C15H19ClN2S. The average Bonchev–Trinajstić information content (AvgIpc) is 2.90. The van der Waals surface area contributed by atoms with Gasteiger partial charge in [0.15, 0.2) is 4.77 Å². The Hall–Kier alpha value is -0.800. The molecule has 1 aliphatic carbocycles. The third kappa shape index (κ3) is 2.03. The van der Waals surface area contributed by atoms with Crippen LogP contribution in [0.3, 0.4) is 0 Å². The number of rotatable bonds is 2. The number of imidazole rings is 1. The van der Waals surface area contributed by atoms with Gasteiger partial charge in [0.25, 0.3) is 0 Å². The van der Waals surface area contributed by atoms with Crippen molar-refractivity contribution in [3.05, 3.63) is 28.0 Å². The minimum absolute atomic E-state index is 0.504. The van der Waals surface area contributed by atoms with Crippen molar-refractivity contribution in [2.75, 3.05) is 0 Å². The zero-order valence-electron chi connectivity index (χ0n) is 11.3. The van der Waals surface area contributed by atoms with Crippen molar-refractivity contribution in [2.24, 2.45) is 11.8 Å². The number of nitrogens with zero attached hydrogens (tertiary/aromatic N) is 1. The van der Waals surface area contributed by atoms with Crippen molar-refractivity contribution in [1.82, 2.24) is 9.55 Å². The lowest BCUT2D eigenvalue weighted by molar-refractivity contribution is 0.332. The van der Waals surface area contributed by atoms with Crippen LogP contribution >= 0.6 is 23.8 Å². The molecule has 0 saturated heterocycles. The van der Waals surface area contributed by atoms with Gasteiger partial charge in [0.2, 0.25) is 0 Å². The second-order valence-corrected chi connectivity index (χ2v) is 6.40. The third-order valence-electron chi connectivity index (χ3n) is 4.74. The smallest absolute Gasteiger partial charge is 0.178 e. The Morgan fingerprint density at radius 2 is 2.21 bits per heavy atom.